The predicted octanol–water partition coefficient (Wildman–Crippen LogP) is 4.55. The Balaban J connectivity index is 1.85. The monoisotopic (exact) mass is 234 g/mol. The Morgan fingerprint density at radius 3 is 2.56 bits per heavy atom. The van der Waals surface area contributed by atoms with E-state index >= 15 is 0 Å². The van der Waals surface area contributed by atoms with Gasteiger partial charge in [0.1, 0.15) is 0 Å². The van der Waals surface area contributed by atoms with Gasteiger partial charge in [-0.25, -0.2) is 0 Å². The van der Waals surface area contributed by atoms with Gasteiger partial charge in [0.15, 0.2) is 0 Å². The van der Waals surface area contributed by atoms with Crippen molar-refractivity contribution in [3.05, 3.63) is 33.8 Å². The highest BCUT2D eigenvalue weighted by atomic mass is 35.5. The first-order valence-electron chi connectivity index (χ1n) is 6.52. The summed E-state index contributed by atoms with van der Waals surface area (Å²) in [6.45, 7) is 2.15. The van der Waals surface area contributed by atoms with Gasteiger partial charge in [-0.2, -0.15) is 0 Å². The van der Waals surface area contributed by atoms with Crippen molar-refractivity contribution in [2.75, 3.05) is 0 Å². The highest BCUT2D eigenvalue weighted by Crippen LogP contribution is 2.41. The number of rotatable bonds is 1. The molecule has 1 saturated carbocycles. The maximum absolute atomic E-state index is 6.35. The Morgan fingerprint density at radius 2 is 1.81 bits per heavy atom. The van der Waals surface area contributed by atoms with Crippen LogP contribution in [-0.2, 0) is 12.8 Å². The maximum Gasteiger partial charge on any atom is 0.0443 e. The number of hydrogen-bond acceptors (Lipinski definition) is 0. The molecule has 1 aromatic rings. The van der Waals surface area contributed by atoms with E-state index in [1.54, 1.807) is 0 Å². The van der Waals surface area contributed by atoms with E-state index in [0.29, 0.717) is 0 Å². The van der Waals surface area contributed by atoms with Gasteiger partial charge in [0.05, 0.1) is 0 Å². The minimum Gasteiger partial charge on any atom is -0.0840 e. The molecule has 1 aromatic carbocycles. The summed E-state index contributed by atoms with van der Waals surface area (Å²) in [5.74, 6) is 1.86. The van der Waals surface area contributed by atoms with Gasteiger partial charge < -0.3 is 0 Å². The fourth-order valence-corrected chi connectivity index (χ4v) is 4.00. The number of aryl methyl sites for hydroxylation is 1. The lowest BCUT2D eigenvalue weighted by molar-refractivity contribution is 0.353. The van der Waals surface area contributed by atoms with E-state index in [1.807, 2.05) is 0 Å². The number of benzene rings is 1. The van der Waals surface area contributed by atoms with Gasteiger partial charge in [0.2, 0.25) is 0 Å². The zero-order chi connectivity index (χ0) is 11.1. The summed E-state index contributed by atoms with van der Waals surface area (Å²) < 4.78 is 0. The number of fused-ring (bicyclic) bond motifs is 1. The van der Waals surface area contributed by atoms with E-state index in [2.05, 4.69) is 19.1 Å². The smallest absolute Gasteiger partial charge is 0.0443 e. The highest BCUT2D eigenvalue weighted by Gasteiger charge is 2.31. The molecule has 1 atom stereocenters. The molecule has 0 bridgehead atoms. The van der Waals surface area contributed by atoms with Crippen molar-refractivity contribution in [2.24, 2.45) is 11.8 Å². The average molecular weight is 235 g/mol. The highest BCUT2D eigenvalue weighted by molar-refractivity contribution is 6.31. The van der Waals surface area contributed by atoms with Crippen molar-refractivity contribution in [1.82, 2.24) is 0 Å². The zero-order valence-corrected chi connectivity index (χ0v) is 10.7. The standard InChI is InChI=1S/C15H19Cl/c1-10-6-13-8-12(11-4-2-3-5-11)9-14(13)15(16)7-10/h6-7,11-12H,2-5,8-9H2,1H3. The minimum absolute atomic E-state index is 0.886. The molecule has 0 saturated heterocycles. The normalized spacial score (nSPS) is 25.0. The molecule has 16 heavy (non-hydrogen) atoms. The van der Waals surface area contributed by atoms with Crippen molar-refractivity contribution >= 4 is 11.6 Å². The Hall–Kier alpha value is -0.490. The summed E-state index contributed by atoms with van der Waals surface area (Å²) in [4.78, 5) is 0. The fourth-order valence-electron chi connectivity index (χ4n) is 3.63. The molecular weight excluding hydrogens is 216 g/mol. The van der Waals surface area contributed by atoms with Gasteiger partial charge in [0, 0.05) is 5.02 Å². The topological polar surface area (TPSA) is 0 Å². The Morgan fingerprint density at radius 1 is 1.06 bits per heavy atom. The van der Waals surface area contributed by atoms with E-state index in [0.717, 1.165) is 16.9 Å². The van der Waals surface area contributed by atoms with Crippen LogP contribution in [0, 0.1) is 18.8 Å². The van der Waals surface area contributed by atoms with Crippen molar-refractivity contribution < 1.29 is 0 Å². The molecule has 0 amide bonds. The summed E-state index contributed by atoms with van der Waals surface area (Å²) in [5.41, 5.74) is 4.29. The summed E-state index contributed by atoms with van der Waals surface area (Å²) >= 11 is 6.35. The SMILES string of the molecule is Cc1cc(Cl)c2c(c1)CC(C1CCCC1)C2. The van der Waals surface area contributed by atoms with Gasteiger partial charge in [-0.1, -0.05) is 43.4 Å². The summed E-state index contributed by atoms with van der Waals surface area (Å²) in [6, 6.07) is 4.47. The Kier molecular flexibility index (Phi) is 2.71. The van der Waals surface area contributed by atoms with Crippen molar-refractivity contribution in [2.45, 2.75) is 45.4 Å². The first-order valence-corrected chi connectivity index (χ1v) is 6.90. The molecule has 2 aliphatic rings. The Labute approximate surface area is 103 Å². The van der Waals surface area contributed by atoms with Gasteiger partial charge in [-0.05, 0) is 54.4 Å². The molecule has 0 N–H and O–H groups in total. The van der Waals surface area contributed by atoms with E-state index in [4.69, 9.17) is 11.6 Å². The lowest BCUT2D eigenvalue weighted by atomic mass is 9.88. The molecule has 0 aliphatic heterocycles. The quantitative estimate of drug-likeness (QED) is 0.669. The van der Waals surface area contributed by atoms with E-state index in [-0.39, 0.29) is 0 Å². The third-order valence-corrected chi connectivity index (χ3v) is 4.78. The van der Waals surface area contributed by atoms with Crippen LogP contribution in [0.5, 0.6) is 0 Å². The number of hydrogen-bond donors (Lipinski definition) is 0. The molecule has 1 heteroatoms. The second-order valence-electron chi connectivity index (χ2n) is 5.60. The van der Waals surface area contributed by atoms with Crippen LogP contribution in [0.2, 0.25) is 5.02 Å². The second kappa shape index (κ2) is 4.07. The first-order chi connectivity index (χ1) is 7.74. The molecule has 0 heterocycles. The van der Waals surface area contributed by atoms with Crippen LogP contribution < -0.4 is 0 Å². The van der Waals surface area contributed by atoms with E-state index in [1.165, 1.54) is 55.2 Å². The van der Waals surface area contributed by atoms with Crippen molar-refractivity contribution in [3.63, 3.8) is 0 Å². The lowest BCUT2D eigenvalue weighted by Crippen LogP contribution is -2.11. The van der Waals surface area contributed by atoms with E-state index < -0.39 is 0 Å². The molecule has 3 rings (SSSR count). The first kappa shape index (κ1) is 10.7. The average Bonchev–Trinajstić information content (AvgIpc) is 2.82. The summed E-state index contributed by atoms with van der Waals surface area (Å²) in [6.07, 6.45) is 8.32. The van der Waals surface area contributed by atoms with E-state index in [9.17, 15) is 0 Å². The van der Waals surface area contributed by atoms with Crippen molar-refractivity contribution in [1.29, 1.82) is 0 Å². The molecule has 86 valence electrons. The second-order valence-corrected chi connectivity index (χ2v) is 6.00. The summed E-state index contributed by atoms with van der Waals surface area (Å²) in [5, 5.41) is 1.01. The van der Waals surface area contributed by atoms with Crippen molar-refractivity contribution in [3.8, 4) is 0 Å². The molecule has 1 fully saturated rings. The van der Waals surface area contributed by atoms with Gasteiger partial charge in [0.25, 0.3) is 0 Å². The third kappa shape index (κ3) is 1.78. The molecular formula is C15H19Cl. The molecule has 0 nitrogen and oxygen atoms in total. The minimum atomic E-state index is 0.886. The third-order valence-electron chi connectivity index (χ3n) is 4.45. The molecule has 1 unspecified atom stereocenters. The van der Waals surface area contributed by atoms with Crippen LogP contribution in [0.15, 0.2) is 12.1 Å². The maximum atomic E-state index is 6.35. The molecule has 0 aromatic heterocycles. The predicted molar refractivity (Wildman–Crippen MR) is 69.0 cm³/mol. The van der Waals surface area contributed by atoms with Gasteiger partial charge in [-0.15, -0.1) is 0 Å². The van der Waals surface area contributed by atoms with Crippen LogP contribution in [-0.4, -0.2) is 0 Å². The largest absolute Gasteiger partial charge is 0.0840 e. The van der Waals surface area contributed by atoms with Crippen LogP contribution in [0.4, 0.5) is 0 Å². The lowest BCUT2D eigenvalue weighted by Gasteiger charge is -2.16. The van der Waals surface area contributed by atoms with Crippen LogP contribution >= 0.6 is 11.6 Å². The molecule has 0 radical (unpaired) electrons. The molecule has 2 aliphatic carbocycles. The number of halogens is 1. The van der Waals surface area contributed by atoms with Gasteiger partial charge in [-0.3, -0.25) is 0 Å². The fraction of sp³-hybridized carbons (Fsp3) is 0.600. The van der Waals surface area contributed by atoms with Crippen LogP contribution in [0.25, 0.3) is 0 Å². The molecule has 0 spiro atoms. The summed E-state index contributed by atoms with van der Waals surface area (Å²) in [7, 11) is 0. The van der Waals surface area contributed by atoms with Crippen LogP contribution in [0.3, 0.4) is 0 Å². The zero-order valence-electron chi connectivity index (χ0n) is 9.93. The Bertz CT molecular complexity index is 402. The van der Waals surface area contributed by atoms with Gasteiger partial charge >= 0.3 is 0 Å². The van der Waals surface area contributed by atoms with Crippen LogP contribution in [0.1, 0.15) is 42.4 Å².